The first-order valence-corrected chi connectivity index (χ1v) is 5.72. The summed E-state index contributed by atoms with van der Waals surface area (Å²) in [5.74, 6) is 1.21. The minimum absolute atomic E-state index is 0.0391. The zero-order chi connectivity index (χ0) is 12.3. The summed E-state index contributed by atoms with van der Waals surface area (Å²) in [6, 6.07) is 3.77. The summed E-state index contributed by atoms with van der Waals surface area (Å²) in [5.41, 5.74) is 6.80. The molecule has 0 spiro atoms. The van der Waals surface area contributed by atoms with Crippen molar-refractivity contribution in [2.24, 2.45) is 5.73 Å². The molecule has 5 nitrogen and oxygen atoms in total. The summed E-state index contributed by atoms with van der Waals surface area (Å²) in [6.45, 7) is 4.04. The lowest BCUT2D eigenvalue weighted by Gasteiger charge is -2.13. The van der Waals surface area contributed by atoms with Crippen LogP contribution < -0.4 is 5.73 Å². The summed E-state index contributed by atoms with van der Waals surface area (Å²) in [5, 5.41) is 3.94. The van der Waals surface area contributed by atoms with Gasteiger partial charge in [0.2, 0.25) is 11.7 Å². The van der Waals surface area contributed by atoms with Crippen LogP contribution in [0.25, 0.3) is 11.4 Å². The second-order valence-corrected chi connectivity index (χ2v) is 4.06. The minimum Gasteiger partial charge on any atom is -0.339 e. The van der Waals surface area contributed by atoms with Crippen LogP contribution >= 0.6 is 0 Å². The lowest BCUT2D eigenvalue weighted by Crippen LogP contribution is -2.25. The average Bonchev–Trinajstić information content (AvgIpc) is 2.87. The van der Waals surface area contributed by atoms with Crippen LogP contribution in [0, 0.1) is 0 Å². The van der Waals surface area contributed by atoms with Crippen molar-refractivity contribution in [3.8, 4) is 11.4 Å². The quantitative estimate of drug-likeness (QED) is 0.872. The summed E-state index contributed by atoms with van der Waals surface area (Å²) in [4.78, 5) is 8.37. The molecular formula is C12H16N4O. The third-order valence-corrected chi connectivity index (χ3v) is 2.86. The normalized spacial score (nSPS) is 14.5. The highest BCUT2D eigenvalue weighted by Gasteiger charge is 2.20. The molecular weight excluding hydrogens is 216 g/mol. The smallest absolute Gasteiger partial charge is 0.231 e. The van der Waals surface area contributed by atoms with Gasteiger partial charge in [-0.2, -0.15) is 4.98 Å². The summed E-state index contributed by atoms with van der Waals surface area (Å²) >= 11 is 0. The van der Waals surface area contributed by atoms with Crippen LogP contribution in [0.5, 0.6) is 0 Å². The zero-order valence-electron chi connectivity index (χ0n) is 10.00. The van der Waals surface area contributed by atoms with Gasteiger partial charge in [0.05, 0.1) is 5.92 Å². The summed E-state index contributed by atoms with van der Waals surface area (Å²) in [7, 11) is 0. The molecule has 0 fully saturated rings. The van der Waals surface area contributed by atoms with Crippen molar-refractivity contribution in [3.05, 3.63) is 30.4 Å². The molecule has 2 unspecified atom stereocenters. The van der Waals surface area contributed by atoms with Gasteiger partial charge in [-0.25, -0.2) is 0 Å². The molecule has 0 aliphatic rings. The van der Waals surface area contributed by atoms with Crippen LogP contribution in [0.4, 0.5) is 0 Å². The number of rotatable bonds is 4. The molecule has 2 aromatic heterocycles. The average molecular weight is 232 g/mol. The van der Waals surface area contributed by atoms with E-state index in [0.29, 0.717) is 11.7 Å². The second kappa shape index (κ2) is 5.05. The van der Waals surface area contributed by atoms with Gasteiger partial charge in [0.1, 0.15) is 0 Å². The number of hydrogen-bond acceptors (Lipinski definition) is 5. The number of nitrogens with zero attached hydrogens (tertiary/aromatic N) is 3. The highest BCUT2D eigenvalue weighted by molar-refractivity contribution is 5.51. The maximum Gasteiger partial charge on any atom is 0.231 e. The minimum atomic E-state index is 0.0391. The molecule has 2 rings (SSSR count). The van der Waals surface area contributed by atoms with Crippen molar-refractivity contribution in [2.75, 3.05) is 0 Å². The molecule has 0 aromatic carbocycles. The second-order valence-electron chi connectivity index (χ2n) is 4.06. The topological polar surface area (TPSA) is 77.8 Å². The van der Waals surface area contributed by atoms with Crippen LogP contribution in [0.3, 0.4) is 0 Å². The van der Waals surface area contributed by atoms with Gasteiger partial charge >= 0.3 is 0 Å². The number of aromatic nitrogens is 3. The molecule has 17 heavy (non-hydrogen) atoms. The Bertz CT molecular complexity index is 468. The Kier molecular flexibility index (Phi) is 3.49. The molecule has 2 atom stereocenters. The van der Waals surface area contributed by atoms with E-state index in [9.17, 15) is 0 Å². The van der Waals surface area contributed by atoms with Gasteiger partial charge < -0.3 is 10.3 Å². The standard InChI is InChI=1S/C12H16N4O/c1-3-10(13)8(2)12-15-11(16-17-12)9-5-4-6-14-7-9/h4-8,10H,3,13H2,1-2H3. The third-order valence-electron chi connectivity index (χ3n) is 2.86. The first-order chi connectivity index (χ1) is 8.22. The van der Waals surface area contributed by atoms with E-state index >= 15 is 0 Å². The van der Waals surface area contributed by atoms with Crippen LogP contribution in [0.2, 0.25) is 0 Å². The van der Waals surface area contributed by atoms with Crippen molar-refractivity contribution in [3.63, 3.8) is 0 Å². The van der Waals surface area contributed by atoms with Gasteiger partial charge in [0.15, 0.2) is 0 Å². The first-order valence-electron chi connectivity index (χ1n) is 5.72. The van der Waals surface area contributed by atoms with Crippen LogP contribution in [0.1, 0.15) is 32.1 Å². The van der Waals surface area contributed by atoms with E-state index < -0.39 is 0 Å². The van der Waals surface area contributed by atoms with E-state index in [0.717, 1.165) is 12.0 Å². The molecule has 0 bridgehead atoms. The van der Waals surface area contributed by atoms with Crippen molar-refractivity contribution in [2.45, 2.75) is 32.2 Å². The van der Waals surface area contributed by atoms with Gasteiger partial charge in [0, 0.05) is 24.0 Å². The van der Waals surface area contributed by atoms with Gasteiger partial charge in [-0.1, -0.05) is 19.0 Å². The molecule has 0 aliphatic heterocycles. The lowest BCUT2D eigenvalue weighted by atomic mass is 10.0. The molecule has 0 saturated heterocycles. The SMILES string of the molecule is CCC(N)C(C)c1nc(-c2cccnc2)no1. The van der Waals surface area contributed by atoms with Crippen molar-refractivity contribution in [1.82, 2.24) is 15.1 Å². The van der Waals surface area contributed by atoms with Crippen LogP contribution in [-0.4, -0.2) is 21.2 Å². The number of hydrogen-bond donors (Lipinski definition) is 1. The molecule has 2 aromatic rings. The van der Waals surface area contributed by atoms with E-state index in [2.05, 4.69) is 15.1 Å². The fourth-order valence-electron chi connectivity index (χ4n) is 1.57. The monoisotopic (exact) mass is 232 g/mol. The molecule has 90 valence electrons. The van der Waals surface area contributed by atoms with E-state index in [1.165, 1.54) is 0 Å². The molecule has 2 heterocycles. The predicted octanol–water partition coefficient (Wildman–Crippen LogP) is 1.97. The molecule has 0 saturated carbocycles. The Morgan fingerprint density at radius 2 is 2.29 bits per heavy atom. The summed E-state index contributed by atoms with van der Waals surface area (Å²) < 4.78 is 5.23. The Hall–Kier alpha value is -1.75. The number of pyridine rings is 1. The Balaban J connectivity index is 2.22. The Morgan fingerprint density at radius 3 is 2.94 bits per heavy atom. The number of nitrogens with two attached hydrogens (primary N) is 1. The van der Waals surface area contributed by atoms with Crippen molar-refractivity contribution < 1.29 is 4.52 Å². The zero-order valence-corrected chi connectivity index (χ0v) is 10.00. The van der Waals surface area contributed by atoms with Crippen LogP contribution in [0.15, 0.2) is 29.0 Å². The Morgan fingerprint density at radius 1 is 1.47 bits per heavy atom. The third kappa shape index (κ3) is 2.50. The van der Waals surface area contributed by atoms with E-state index in [1.54, 1.807) is 12.4 Å². The van der Waals surface area contributed by atoms with Gasteiger partial charge in [0.25, 0.3) is 0 Å². The molecule has 0 amide bonds. The Labute approximate surface area is 100 Å². The van der Waals surface area contributed by atoms with Gasteiger partial charge in [-0.15, -0.1) is 0 Å². The first kappa shape index (κ1) is 11.7. The fourth-order valence-corrected chi connectivity index (χ4v) is 1.57. The molecule has 0 radical (unpaired) electrons. The molecule has 0 aliphatic carbocycles. The summed E-state index contributed by atoms with van der Waals surface area (Å²) in [6.07, 6.45) is 4.30. The molecule has 5 heteroatoms. The fraction of sp³-hybridized carbons (Fsp3) is 0.417. The lowest BCUT2D eigenvalue weighted by molar-refractivity contribution is 0.340. The van der Waals surface area contributed by atoms with Gasteiger partial charge in [-0.3, -0.25) is 4.98 Å². The van der Waals surface area contributed by atoms with Gasteiger partial charge in [-0.05, 0) is 18.6 Å². The highest BCUT2D eigenvalue weighted by atomic mass is 16.5. The maximum absolute atomic E-state index is 5.96. The van der Waals surface area contributed by atoms with Crippen LogP contribution in [-0.2, 0) is 0 Å². The van der Waals surface area contributed by atoms with Crippen molar-refractivity contribution >= 4 is 0 Å². The van der Waals surface area contributed by atoms with Crippen molar-refractivity contribution in [1.29, 1.82) is 0 Å². The van der Waals surface area contributed by atoms with E-state index in [-0.39, 0.29) is 12.0 Å². The largest absolute Gasteiger partial charge is 0.339 e. The highest BCUT2D eigenvalue weighted by Crippen LogP contribution is 2.21. The predicted molar refractivity (Wildman–Crippen MR) is 64.2 cm³/mol. The van der Waals surface area contributed by atoms with E-state index in [1.807, 2.05) is 26.0 Å². The maximum atomic E-state index is 5.96. The molecule has 2 N–H and O–H groups in total. The van der Waals surface area contributed by atoms with E-state index in [4.69, 9.17) is 10.3 Å².